The molecule has 1 saturated heterocycles. The molecule has 1 N–H and O–H groups in total. The highest BCUT2D eigenvalue weighted by Crippen LogP contribution is 2.18. The Hall–Kier alpha value is -1.69. The van der Waals surface area contributed by atoms with Crippen LogP contribution >= 0.6 is 0 Å². The smallest absolute Gasteiger partial charge is 0.0537 e. The number of aliphatic hydroxyl groups is 1. The summed E-state index contributed by atoms with van der Waals surface area (Å²) < 4.78 is 2.13. The second-order valence-corrected chi connectivity index (χ2v) is 8.00. The van der Waals surface area contributed by atoms with E-state index in [0.717, 1.165) is 58.5 Å². The first-order chi connectivity index (χ1) is 13.7. The molecule has 1 aromatic carbocycles. The molecule has 0 saturated carbocycles. The number of hydrogen-bond donors (Lipinski definition) is 1. The zero-order chi connectivity index (χ0) is 19.8. The van der Waals surface area contributed by atoms with Gasteiger partial charge in [-0.1, -0.05) is 37.3 Å². The maximum absolute atomic E-state index is 9.56. The monoisotopic (exact) mass is 384 g/mol. The predicted molar refractivity (Wildman–Crippen MR) is 114 cm³/mol. The average Bonchev–Trinajstić information content (AvgIpc) is 3.04. The van der Waals surface area contributed by atoms with Crippen molar-refractivity contribution in [2.75, 3.05) is 32.8 Å². The summed E-state index contributed by atoms with van der Waals surface area (Å²) in [6.07, 6.45) is 6.31. The van der Waals surface area contributed by atoms with E-state index in [9.17, 15) is 5.11 Å². The summed E-state index contributed by atoms with van der Waals surface area (Å²) in [7, 11) is 0. The maximum Gasteiger partial charge on any atom is 0.0537 e. The standard InChI is InChI=1S/C23H36N4O/c1-3-12-27-20(2)22(17-24-27)18-25-14-15-26(23(19-25)11-16-28)13-7-10-21-8-5-4-6-9-21/h4-6,8-9,17,23,28H,3,7,10-16,18-19H2,1-2H3. The molecule has 0 spiro atoms. The summed E-state index contributed by atoms with van der Waals surface area (Å²) in [6.45, 7) is 10.9. The molecule has 0 amide bonds. The topological polar surface area (TPSA) is 44.5 Å². The van der Waals surface area contributed by atoms with Crippen LogP contribution < -0.4 is 0 Å². The molecule has 1 aromatic heterocycles. The number of benzene rings is 1. The average molecular weight is 385 g/mol. The van der Waals surface area contributed by atoms with Gasteiger partial charge in [-0.25, -0.2) is 0 Å². The molecule has 0 bridgehead atoms. The van der Waals surface area contributed by atoms with Crippen molar-refractivity contribution >= 4 is 0 Å². The number of hydrogen-bond acceptors (Lipinski definition) is 4. The minimum absolute atomic E-state index is 0.265. The van der Waals surface area contributed by atoms with Gasteiger partial charge in [0, 0.05) is 56.6 Å². The van der Waals surface area contributed by atoms with E-state index in [2.05, 4.69) is 63.8 Å². The Kier molecular flexibility index (Phi) is 8.07. The molecule has 1 unspecified atom stereocenters. The quantitative estimate of drug-likeness (QED) is 0.684. The van der Waals surface area contributed by atoms with Gasteiger partial charge in [0.2, 0.25) is 0 Å². The van der Waals surface area contributed by atoms with Crippen molar-refractivity contribution in [3.05, 3.63) is 53.3 Å². The third-order valence-electron chi connectivity index (χ3n) is 5.94. The van der Waals surface area contributed by atoms with Gasteiger partial charge in [-0.2, -0.15) is 5.10 Å². The molecule has 3 rings (SSSR count). The number of rotatable bonds is 10. The predicted octanol–water partition coefficient (Wildman–Crippen LogP) is 3.10. The highest BCUT2D eigenvalue weighted by atomic mass is 16.3. The Morgan fingerprint density at radius 2 is 1.96 bits per heavy atom. The molecule has 5 nitrogen and oxygen atoms in total. The molecule has 154 valence electrons. The minimum Gasteiger partial charge on any atom is -0.396 e. The number of aliphatic hydroxyl groups excluding tert-OH is 1. The van der Waals surface area contributed by atoms with Crippen LogP contribution in [0.3, 0.4) is 0 Å². The zero-order valence-electron chi connectivity index (χ0n) is 17.6. The Balaban J connectivity index is 1.51. The van der Waals surface area contributed by atoms with E-state index in [1.165, 1.54) is 23.2 Å². The summed E-state index contributed by atoms with van der Waals surface area (Å²) in [6, 6.07) is 11.2. The van der Waals surface area contributed by atoms with E-state index >= 15 is 0 Å². The molecule has 1 aliphatic heterocycles. The summed E-state index contributed by atoms with van der Waals surface area (Å²) in [5, 5.41) is 14.1. The molecule has 5 heteroatoms. The van der Waals surface area contributed by atoms with Crippen molar-refractivity contribution in [3.63, 3.8) is 0 Å². The Morgan fingerprint density at radius 3 is 2.71 bits per heavy atom. The molecule has 28 heavy (non-hydrogen) atoms. The van der Waals surface area contributed by atoms with Gasteiger partial charge in [0.25, 0.3) is 0 Å². The van der Waals surface area contributed by atoms with Crippen LogP contribution in [-0.4, -0.2) is 63.5 Å². The van der Waals surface area contributed by atoms with Crippen LogP contribution in [0, 0.1) is 6.92 Å². The first kappa shape index (κ1) is 21.0. The van der Waals surface area contributed by atoms with E-state index < -0.39 is 0 Å². The fourth-order valence-corrected chi connectivity index (χ4v) is 4.27. The Morgan fingerprint density at radius 1 is 1.14 bits per heavy atom. The fourth-order valence-electron chi connectivity index (χ4n) is 4.27. The van der Waals surface area contributed by atoms with Gasteiger partial charge >= 0.3 is 0 Å². The molecule has 1 atom stereocenters. The Labute approximate surface area is 170 Å². The number of nitrogens with zero attached hydrogens (tertiary/aromatic N) is 4. The molecular weight excluding hydrogens is 348 g/mol. The van der Waals surface area contributed by atoms with E-state index in [0.29, 0.717) is 6.04 Å². The van der Waals surface area contributed by atoms with Crippen LogP contribution in [0.2, 0.25) is 0 Å². The lowest BCUT2D eigenvalue weighted by molar-refractivity contribution is 0.0546. The van der Waals surface area contributed by atoms with Crippen LogP contribution in [0.25, 0.3) is 0 Å². The zero-order valence-corrected chi connectivity index (χ0v) is 17.6. The van der Waals surface area contributed by atoms with Crippen molar-refractivity contribution in [1.82, 2.24) is 19.6 Å². The number of aryl methyl sites for hydroxylation is 2. The van der Waals surface area contributed by atoms with Gasteiger partial charge in [0.05, 0.1) is 6.20 Å². The third kappa shape index (κ3) is 5.66. The van der Waals surface area contributed by atoms with E-state index in [4.69, 9.17) is 0 Å². The van der Waals surface area contributed by atoms with Crippen LogP contribution in [0.15, 0.2) is 36.5 Å². The summed E-state index contributed by atoms with van der Waals surface area (Å²) in [5.41, 5.74) is 4.05. The number of piperazine rings is 1. The van der Waals surface area contributed by atoms with Crippen molar-refractivity contribution < 1.29 is 5.11 Å². The Bertz CT molecular complexity index is 700. The minimum atomic E-state index is 0.265. The van der Waals surface area contributed by atoms with Crippen molar-refractivity contribution in [2.24, 2.45) is 0 Å². The summed E-state index contributed by atoms with van der Waals surface area (Å²) >= 11 is 0. The molecule has 2 aromatic rings. The largest absolute Gasteiger partial charge is 0.396 e. The third-order valence-corrected chi connectivity index (χ3v) is 5.94. The SMILES string of the molecule is CCCn1ncc(CN2CCN(CCCc3ccccc3)C(CCO)C2)c1C. The molecule has 1 fully saturated rings. The van der Waals surface area contributed by atoms with Gasteiger partial charge in [0.1, 0.15) is 0 Å². The summed E-state index contributed by atoms with van der Waals surface area (Å²) in [5.74, 6) is 0. The molecule has 2 heterocycles. The van der Waals surface area contributed by atoms with Gasteiger partial charge in [-0.05, 0) is 44.7 Å². The highest BCUT2D eigenvalue weighted by molar-refractivity contribution is 5.16. The normalized spacial score (nSPS) is 18.6. The first-order valence-electron chi connectivity index (χ1n) is 10.8. The molecule has 1 aliphatic rings. The lowest BCUT2D eigenvalue weighted by Gasteiger charge is -2.41. The molecule has 0 aliphatic carbocycles. The molecule has 0 radical (unpaired) electrons. The van der Waals surface area contributed by atoms with E-state index in [1.807, 2.05) is 6.20 Å². The lowest BCUT2D eigenvalue weighted by Crippen LogP contribution is -2.53. The second kappa shape index (κ2) is 10.7. The van der Waals surface area contributed by atoms with E-state index in [-0.39, 0.29) is 6.61 Å². The second-order valence-electron chi connectivity index (χ2n) is 8.00. The van der Waals surface area contributed by atoms with Crippen LogP contribution in [0.1, 0.15) is 43.0 Å². The molecular formula is C23H36N4O. The van der Waals surface area contributed by atoms with Crippen LogP contribution in [-0.2, 0) is 19.5 Å². The summed E-state index contributed by atoms with van der Waals surface area (Å²) in [4.78, 5) is 5.12. The van der Waals surface area contributed by atoms with Crippen LogP contribution in [0.5, 0.6) is 0 Å². The van der Waals surface area contributed by atoms with Gasteiger partial charge in [0.15, 0.2) is 0 Å². The number of aromatic nitrogens is 2. The first-order valence-corrected chi connectivity index (χ1v) is 10.8. The highest BCUT2D eigenvalue weighted by Gasteiger charge is 2.26. The van der Waals surface area contributed by atoms with Crippen LogP contribution in [0.4, 0.5) is 0 Å². The lowest BCUT2D eigenvalue weighted by atomic mass is 10.1. The van der Waals surface area contributed by atoms with Gasteiger partial charge in [-0.3, -0.25) is 14.5 Å². The van der Waals surface area contributed by atoms with Crippen molar-refractivity contribution in [1.29, 1.82) is 0 Å². The maximum atomic E-state index is 9.56. The van der Waals surface area contributed by atoms with Crippen molar-refractivity contribution in [2.45, 2.75) is 58.7 Å². The van der Waals surface area contributed by atoms with E-state index in [1.54, 1.807) is 0 Å². The van der Waals surface area contributed by atoms with Gasteiger partial charge < -0.3 is 5.11 Å². The van der Waals surface area contributed by atoms with Gasteiger partial charge in [-0.15, -0.1) is 0 Å². The fraction of sp³-hybridized carbons (Fsp3) is 0.609. The van der Waals surface area contributed by atoms with Crippen molar-refractivity contribution in [3.8, 4) is 0 Å².